The van der Waals surface area contributed by atoms with Gasteiger partial charge in [0, 0.05) is 0 Å². The predicted molar refractivity (Wildman–Crippen MR) is 60.3 cm³/mol. The quantitative estimate of drug-likeness (QED) is 0.766. The summed E-state index contributed by atoms with van der Waals surface area (Å²) in [5.74, 6) is -0.786. The van der Waals surface area contributed by atoms with E-state index in [1.807, 2.05) is 13.8 Å². The largest absolute Gasteiger partial charge is 0.317 e. The third-order valence-corrected chi connectivity index (χ3v) is 2.67. The standard InChI is InChI=1S/C11H16FN3O/c1-3-11(13,4-2)10(16)15-9-7-5-6-8(12)14-9/h5-7H,3-4,13H2,1-2H3,(H,14,15,16). The molecule has 0 aliphatic heterocycles. The maximum atomic E-state index is 12.8. The molecule has 88 valence electrons. The van der Waals surface area contributed by atoms with Crippen molar-refractivity contribution in [1.82, 2.24) is 4.98 Å². The Morgan fingerprint density at radius 3 is 2.62 bits per heavy atom. The number of hydrogen-bond donors (Lipinski definition) is 2. The van der Waals surface area contributed by atoms with Gasteiger partial charge in [-0.2, -0.15) is 4.39 Å². The second kappa shape index (κ2) is 5.03. The number of halogens is 1. The number of rotatable bonds is 4. The van der Waals surface area contributed by atoms with Gasteiger partial charge in [0.15, 0.2) is 0 Å². The van der Waals surface area contributed by atoms with Crippen molar-refractivity contribution in [2.75, 3.05) is 5.32 Å². The van der Waals surface area contributed by atoms with Gasteiger partial charge in [0.05, 0.1) is 5.54 Å². The van der Waals surface area contributed by atoms with Crippen LogP contribution in [0.25, 0.3) is 0 Å². The lowest BCUT2D eigenvalue weighted by Gasteiger charge is -2.24. The van der Waals surface area contributed by atoms with Crippen LogP contribution in [0.2, 0.25) is 0 Å². The smallest absolute Gasteiger partial charge is 0.245 e. The van der Waals surface area contributed by atoms with Crippen LogP contribution in [-0.4, -0.2) is 16.4 Å². The normalized spacial score (nSPS) is 11.2. The minimum atomic E-state index is -0.923. The fourth-order valence-electron chi connectivity index (χ4n) is 1.29. The van der Waals surface area contributed by atoms with E-state index >= 15 is 0 Å². The lowest BCUT2D eigenvalue weighted by atomic mass is 9.93. The van der Waals surface area contributed by atoms with Crippen LogP contribution in [0, 0.1) is 5.95 Å². The number of carbonyl (C=O) groups excluding carboxylic acids is 1. The highest BCUT2D eigenvalue weighted by Crippen LogP contribution is 2.14. The molecule has 1 heterocycles. The first-order valence-electron chi connectivity index (χ1n) is 5.24. The summed E-state index contributed by atoms with van der Waals surface area (Å²) in [6, 6.07) is 4.21. The van der Waals surface area contributed by atoms with Crippen LogP contribution in [0.4, 0.5) is 10.2 Å². The van der Waals surface area contributed by atoms with E-state index in [0.717, 1.165) is 0 Å². The van der Waals surface area contributed by atoms with Gasteiger partial charge in [-0.05, 0) is 25.0 Å². The number of pyridine rings is 1. The fourth-order valence-corrected chi connectivity index (χ4v) is 1.29. The van der Waals surface area contributed by atoms with Crippen LogP contribution in [0.3, 0.4) is 0 Å². The van der Waals surface area contributed by atoms with Gasteiger partial charge in [0.25, 0.3) is 0 Å². The maximum Gasteiger partial charge on any atom is 0.245 e. The van der Waals surface area contributed by atoms with Gasteiger partial charge in [0.1, 0.15) is 5.82 Å². The van der Waals surface area contributed by atoms with Gasteiger partial charge in [0.2, 0.25) is 11.9 Å². The number of carbonyl (C=O) groups is 1. The molecule has 16 heavy (non-hydrogen) atoms. The molecule has 4 nitrogen and oxygen atoms in total. The molecule has 0 aliphatic carbocycles. The van der Waals surface area contributed by atoms with Crippen LogP contribution in [0.5, 0.6) is 0 Å². The molecule has 0 saturated heterocycles. The highest BCUT2D eigenvalue weighted by atomic mass is 19.1. The average molecular weight is 225 g/mol. The van der Waals surface area contributed by atoms with Crippen molar-refractivity contribution in [3.05, 3.63) is 24.1 Å². The van der Waals surface area contributed by atoms with Crippen LogP contribution >= 0.6 is 0 Å². The van der Waals surface area contributed by atoms with Gasteiger partial charge in [-0.25, -0.2) is 4.98 Å². The van der Waals surface area contributed by atoms with Crippen molar-refractivity contribution >= 4 is 11.7 Å². The molecule has 0 bridgehead atoms. The van der Waals surface area contributed by atoms with Crippen LogP contribution in [-0.2, 0) is 4.79 Å². The lowest BCUT2D eigenvalue weighted by Crippen LogP contribution is -2.50. The monoisotopic (exact) mass is 225 g/mol. The SMILES string of the molecule is CCC(N)(CC)C(=O)Nc1cccc(F)n1. The zero-order valence-corrected chi connectivity index (χ0v) is 9.46. The fraction of sp³-hybridized carbons (Fsp3) is 0.455. The molecule has 1 amide bonds. The average Bonchev–Trinajstić information content (AvgIpc) is 2.28. The summed E-state index contributed by atoms with van der Waals surface area (Å²) in [6.45, 7) is 3.67. The molecule has 0 aliphatic rings. The molecule has 0 unspecified atom stereocenters. The first-order valence-corrected chi connectivity index (χ1v) is 5.24. The zero-order chi connectivity index (χ0) is 12.2. The van der Waals surface area contributed by atoms with E-state index in [1.54, 1.807) is 0 Å². The molecule has 0 atom stereocenters. The summed E-state index contributed by atoms with van der Waals surface area (Å²) in [4.78, 5) is 15.4. The van der Waals surface area contributed by atoms with Crippen LogP contribution in [0.15, 0.2) is 18.2 Å². The Balaban J connectivity index is 2.78. The number of hydrogen-bond acceptors (Lipinski definition) is 3. The Hall–Kier alpha value is -1.49. The first-order chi connectivity index (χ1) is 7.51. The lowest BCUT2D eigenvalue weighted by molar-refractivity contribution is -0.121. The molecule has 0 aromatic carbocycles. The highest BCUT2D eigenvalue weighted by Gasteiger charge is 2.30. The summed E-state index contributed by atoms with van der Waals surface area (Å²) < 4.78 is 12.8. The molecule has 0 spiro atoms. The van der Waals surface area contributed by atoms with E-state index in [0.29, 0.717) is 12.8 Å². The Morgan fingerprint density at radius 1 is 1.50 bits per heavy atom. The summed E-state index contributed by atoms with van der Waals surface area (Å²) in [6.07, 6.45) is 1.04. The van der Waals surface area contributed by atoms with Gasteiger partial charge in [-0.15, -0.1) is 0 Å². The minimum absolute atomic E-state index is 0.182. The second-order valence-corrected chi connectivity index (χ2v) is 3.66. The molecule has 0 saturated carbocycles. The van der Waals surface area contributed by atoms with Crippen LogP contribution in [0.1, 0.15) is 26.7 Å². The van der Waals surface area contributed by atoms with E-state index in [9.17, 15) is 9.18 Å². The topological polar surface area (TPSA) is 68.0 Å². The summed E-state index contributed by atoms with van der Waals surface area (Å²) in [5.41, 5.74) is 4.97. The Morgan fingerprint density at radius 2 is 2.12 bits per heavy atom. The maximum absolute atomic E-state index is 12.8. The molecular formula is C11H16FN3O. The molecule has 3 N–H and O–H groups in total. The van der Waals surface area contributed by atoms with Crippen molar-refractivity contribution < 1.29 is 9.18 Å². The highest BCUT2D eigenvalue weighted by molar-refractivity contribution is 5.97. The number of nitrogens with two attached hydrogens (primary N) is 1. The second-order valence-electron chi connectivity index (χ2n) is 3.66. The number of amides is 1. The molecule has 0 radical (unpaired) electrons. The molecular weight excluding hydrogens is 209 g/mol. The van der Waals surface area contributed by atoms with E-state index in [1.165, 1.54) is 18.2 Å². The van der Waals surface area contributed by atoms with Crippen molar-refractivity contribution in [2.45, 2.75) is 32.2 Å². The van der Waals surface area contributed by atoms with Crippen molar-refractivity contribution in [3.63, 3.8) is 0 Å². The summed E-state index contributed by atoms with van der Waals surface area (Å²) >= 11 is 0. The number of nitrogens with zero attached hydrogens (tertiary/aromatic N) is 1. The van der Waals surface area contributed by atoms with Crippen molar-refractivity contribution in [3.8, 4) is 0 Å². The van der Waals surface area contributed by atoms with Gasteiger partial charge in [-0.1, -0.05) is 19.9 Å². The third-order valence-electron chi connectivity index (χ3n) is 2.67. The van der Waals surface area contributed by atoms with Gasteiger partial charge >= 0.3 is 0 Å². The Kier molecular flexibility index (Phi) is 3.95. The number of nitrogens with one attached hydrogen (secondary N) is 1. The van der Waals surface area contributed by atoms with E-state index in [4.69, 9.17) is 5.73 Å². The summed E-state index contributed by atoms with van der Waals surface area (Å²) in [5, 5.41) is 2.51. The predicted octanol–water partition coefficient (Wildman–Crippen LogP) is 1.68. The van der Waals surface area contributed by atoms with Gasteiger partial charge < -0.3 is 11.1 Å². The van der Waals surface area contributed by atoms with E-state index in [-0.39, 0.29) is 11.7 Å². The number of anilines is 1. The minimum Gasteiger partial charge on any atom is -0.317 e. The molecule has 1 rings (SSSR count). The Labute approximate surface area is 94.1 Å². The van der Waals surface area contributed by atoms with Crippen LogP contribution < -0.4 is 11.1 Å². The van der Waals surface area contributed by atoms with E-state index in [2.05, 4.69) is 10.3 Å². The third kappa shape index (κ3) is 2.76. The van der Waals surface area contributed by atoms with Gasteiger partial charge in [-0.3, -0.25) is 4.79 Å². The number of aromatic nitrogens is 1. The van der Waals surface area contributed by atoms with E-state index < -0.39 is 11.5 Å². The van der Waals surface area contributed by atoms with Crippen molar-refractivity contribution in [1.29, 1.82) is 0 Å². The molecule has 0 fully saturated rings. The molecule has 1 aromatic rings. The summed E-state index contributed by atoms with van der Waals surface area (Å²) in [7, 11) is 0. The zero-order valence-electron chi connectivity index (χ0n) is 9.46. The molecule has 5 heteroatoms. The molecule has 1 aromatic heterocycles. The van der Waals surface area contributed by atoms with Crippen molar-refractivity contribution in [2.24, 2.45) is 5.73 Å². The Bertz CT molecular complexity index is 377. The first kappa shape index (κ1) is 12.6.